The minimum absolute atomic E-state index is 0.145. The Bertz CT molecular complexity index is 753. The number of carbonyl (C=O) groups is 2. The van der Waals surface area contributed by atoms with E-state index in [0.29, 0.717) is 11.4 Å². The normalized spacial score (nSPS) is 11.2. The van der Waals surface area contributed by atoms with E-state index in [9.17, 15) is 14.0 Å². The van der Waals surface area contributed by atoms with Crippen molar-refractivity contribution in [2.45, 2.75) is 37.5 Å². The molecule has 0 spiro atoms. The van der Waals surface area contributed by atoms with Gasteiger partial charge in [-0.3, -0.25) is 14.9 Å². The smallest absolute Gasteiger partial charge is 0.307 e. The van der Waals surface area contributed by atoms with Crippen molar-refractivity contribution in [1.82, 2.24) is 5.16 Å². The summed E-state index contributed by atoms with van der Waals surface area (Å²) < 4.78 is 22.8. The number of benzene rings is 1. The monoisotopic (exact) mass is 380 g/mol. The average Bonchev–Trinajstić information content (AvgIpc) is 3.03. The molecule has 6 nitrogen and oxygen atoms in total. The minimum Gasteiger partial charge on any atom is -0.456 e. The van der Waals surface area contributed by atoms with Crippen molar-refractivity contribution in [2.24, 2.45) is 0 Å². The molecule has 0 bridgehead atoms. The Morgan fingerprint density at radius 1 is 1.27 bits per heavy atom. The van der Waals surface area contributed by atoms with E-state index in [4.69, 9.17) is 9.26 Å². The van der Waals surface area contributed by atoms with Gasteiger partial charge in [0.15, 0.2) is 6.61 Å². The summed E-state index contributed by atoms with van der Waals surface area (Å²) in [5.41, 5.74) is 0.517. The van der Waals surface area contributed by atoms with Gasteiger partial charge in [0.1, 0.15) is 5.82 Å². The van der Waals surface area contributed by atoms with Crippen LogP contribution in [0.3, 0.4) is 0 Å². The summed E-state index contributed by atoms with van der Waals surface area (Å²) in [5.74, 6) is -0.601. The molecule has 1 N–H and O–H groups in total. The lowest BCUT2D eigenvalue weighted by atomic mass is 9.92. The van der Waals surface area contributed by atoms with Crippen LogP contribution in [0.5, 0.6) is 0 Å². The number of anilines is 1. The Labute approximate surface area is 155 Å². The molecule has 0 radical (unpaired) electrons. The molecule has 0 saturated carbocycles. The van der Waals surface area contributed by atoms with E-state index in [1.165, 1.54) is 23.9 Å². The Morgan fingerprint density at radius 2 is 1.96 bits per heavy atom. The molecule has 0 aliphatic rings. The third-order valence-corrected chi connectivity index (χ3v) is 4.31. The predicted molar refractivity (Wildman–Crippen MR) is 96.5 cm³/mol. The molecule has 0 fully saturated rings. The van der Waals surface area contributed by atoms with Crippen molar-refractivity contribution in [3.63, 3.8) is 0 Å². The van der Waals surface area contributed by atoms with Gasteiger partial charge in [0, 0.05) is 22.1 Å². The van der Waals surface area contributed by atoms with Gasteiger partial charge in [0.25, 0.3) is 5.91 Å². The number of esters is 1. The van der Waals surface area contributed by atoms with E-state index in [1.807, 2.05) is 20.8 Å². The van der Waals surface area contributed by atoms with Gasteiger partial charge in [0.2, 0.25) is 5.88 Å². The fourth-order valence-electron chi connectivity index (χ4n) is 1.86. The van der Waals surface area contributed by atoms with Crippen LogP contribution in [0.15, 0.2) is 39.8 Å². The minimum atomic E-state index is -0.499. The van der Waals surface area contributed by atoms with Crippen LogP contribution in [0.1, 0.15) is 32.9 Å². The van der Waals surface area contributed by atoms with Crippen LogP contribution in [-0.2, 0) is 19.7 Å². The maximum atomic E-state index is 12.8. The van der Waals surface area contributed by atoms with Crippen molar-refractivity contribution in [3.8, 4) is 0 Å². The van der Waals surface area contributed by atoms with E-state index in [0.717, 1.165) is 4.90 Å². The quantitative estimate of drug-likeness (QED) is 0.582. The Kier molecular flexibility index (Phi) is 6.79. The summed E-state index contributed by atoms with van der Waals surface area (Å²) in [5, 5.41) is 6.38. The van der Waals surface area contributed by atoms with Gasteiger partial charge in [0.05, 0.1) is 12.1 Å². The molecule has 26 heavy (non-hydrogen) atoms. The standard InChI is InChI=1S/C18H21FN2O4S/c1-18(2,3)14-10-16(25-21-14)20-15(22)11-24-17(23)8-9-26-13-6-4-12(19)5-7-13/h4-7,10H,8-9,11H2,1-3H3,(H,20,22). The second-order valence-corrected chi connectivity index (χ2v) is 7.76. The molecule has 140 valence electrons. The molecule has 0 aliphatic heterocycles. The van der Waals surface area contributed by atoms with Crippen molar-refractivity contribution < 1.29 is 23.2 Å². The molecular weight excluding hydrogens is 359 g/mol. The molecule has 2 aromatic rings. The van der Waals surface area contributed by atoms with Gasteiger partial charge in [-0.1, -0.05) is 25.9 Å². The molecule has 8 heteroatoms. The number of aromatic nitrogens is 1. The molecule has 0 saturated heterocycles. The van der Waals surface area contributed by atoms with Crippen LogP contribution < -0.4 is 5.32 Å². The van der Waals surface area contributed by atoms with Crippen molar-refractivity contribution in [1.29, 1.82) is 0 Å². The lowest BCUT2D eigenvalue weighted by Gasteiger charge is -2.12. The zero-order chi connectivity index (χ0) is 19.2. The fraction of sp³-hybridized carbons (Fsp3) is 0.389. The highest BCUT2D eigenvalue weighted by molar-refractivity contribution is 7.99. The van der Waals surface area contributed by atoms with Gasteiger partial charge in [-0.2, -0.15) is 0 Å². The van der Waals surface area contributed by atoms with Crippen molar-refractivity contribution >= 4 is 29.5 Å². The first kappa shape index (κ1) is 20.0. The van der Waals surface area contributed by atoms with Gasteiger partial charge in [-0.15, -0.1) is 11.8 Å². The number of thioether (sulfide) groups is 1. The highest BCUT2D eigenvalue weighted by Crippen LogP contribution is 2.23. The molecule has 1 amide bonds. The van der Waals surface area contributed by atoms with Gasteiger partial charge in [-0.25, -0.2) is 4.39 Å². The number of amides is 1. The number of carbonyl (C=O) groups excluding carboxylic acids is 2. The third kappa shape index (κ3) is 6.51. The van der Waals surface area contributed by atoms with E-state index in [-0.39, 0.29) is 23.5 Å². The summed E-state index contributed by atoms with van der Waals surface area (Å²) in [6.07, 6.45) is 0.145. The van der Waals surface area contributed by atoms with Crippen LogP contribution in [0.25, 0.3) is 0 Å². The average molecular weight is 380 g/mol. The topological polar surface area (TPSA) is 81.4 Å². The van der Waals surface area contributed by atoms with Crippen LogP contribution in [0.4, 0.5) is 10.3 Å². The Hall–Kier alpha value is -2.35. The van der Waals surface area contributed by atoms with Gasteiger partial charge >= 0.3 is 5.97 Å². The first-order valence-corrected chi connectivity index (χ1v) is 9.03. The third-order valence-electron chi connectivity index (χ3n) is 3.29. The highest BCUT2D eigenvalue weighted by Gasteiger charge is 2.20. The molecule has 1 aromatic carbocycles. The maximum absolute atomic E-state index is 12.8. The summed E-state index contributed by atoms with van der Waals surface area (Å²) in [6.45, 7) is 5.53. The number of nitrogens with zero attached hydrogens (tertiary/aromatic N) is 1. The lowest BCUT2D eigenvalue weighted by Crippen LogP contribution is -2.20. The number of halogens is 1. The second-order valence-electron chi connectivity index (χ2n) is 6.59. The number of rotatable bonds is 7. The van der Waals surface area contributed by atoms with E-state index in [2.05, 4.69) is 10.5 Å². The van der Waals surface area contributed by atoms with Gasteiger partial charge in [-0.05, 0) is 24.3 Å². The molecule has 0 aliphatic carbocycles. The maximum Gasteiger partial charge on any atom is 0.307 e. The van der Waals surface area contributed by atoms with Crippen molar-refractivity contribution in [3.05, 3.63) is 41.8 Å². The SMILES string of the molecule is CC(C)(C)c1cc(NC(=O)COC(=O)CCSc2ccc(F)cc2)on1. The fourth-order valence-corrected chi connectivity index (χ4v) is 2.70. The van der Waals surface area contributed by atoms with E-state index in [1.54, 1.807) is 18.2 Å². The molecule has 2 rings (SSSR count). The van der Waals surface area contributed by atoms with Gasteiger partial charge < -0.3 is 9.26 Å². The highest BCUT2D eigenvalue weighted by atomic mass is 32.2. The van der Waals surface area contributed by atoms with Crippen molar-refractivity contribution in [2.75, 3.05) is 17.7 Å². The van der Waals surface area contributed by atoms with E-state index < -0.39 is 18.5 Å². The number of hydrogen-bond donors (Lipinski definition) is 1. The predicted octanol–water partition coefficient (Wildman–Crippen LogP) is 3.78. The zero-order valence-electron chi connectivity index (χ0n) is 14.9. The first-order chi connectivity index (χ1) is 12.2. The lowest BCUT2D eigenvalue weighted by molar-refractivity contribution is -0.146. The van der Waals surface area contributed by atoms with Crippen LogP contribution >= 0.6 is 11.8 Å². The summed E-state index contributed by atoms with van der Waals surface area (Å²) >= 11 is 1.41. The number of ether oxygens (including phenoxy) is 1. The molecule has 0 unspecified atom stereocenters. The molecule has 1 heterocycles. The van der Waals surface area contributed by atoms with Crippen LogP contribution in [0.2, 0.25) is 0 Å². The summed E-state index contributed by atoms with van der Waals surface area (Å²) in [6, 6.07) is 7.64. The largest absolute Gasteiger partial charge is 0.456 e. The van der Waals surface area contributed by atoms with Crippen LogP contribution in [0, 0.1) is 5.82 Å². The first-order valence-electron chi connectivity index (χ1n) is 8.05. The Balaban J connectivity index is 1.67. The van der Waals surface area contributed by atoms with E-state index >= 15 is 0 Å². The molecule has 0 atom stereocenters. The second kappa shape index (κ2) is 8.84. The summed E-state index contributed by atoms with van der Waals surface area (Å²) in [4.78, 5) is 24.3. The number of nitrogens with one attached hydrogen (secondary N) is 1. The summed E-state index contributed by atoms with van der Waals surface area (Å²) in [7, 11) is 0. The Morgan fingerprint density at radius 3 is 2.58 bits per heavy atom. The molecule has 1 aromatic heterocycles. The zero-order valence-corrected chi connectivity index (χ0v) is 15.7. The molecular formula is C18H21FN2O4S. The number of hydrogen-bond acceptors (Lipinski definition) is 6. The van der Waals surface area contributed by atoms with Crippen LogP contribution in [-0.4, -0.2) is 29.4 Å².